The highest BCUT2D eigenvalue weighted by Gasteiger charge is 2.40. The van der Waals surface area contributed by atoms with Crippen molar-refractivity contribution in [1.82, 2.24) is 9.80 Å². The molecule has 0 unspecified atom stereocenters. The fourth-order valence-corrected chi connectivity index (χ4v) is 9.28. The molecule has 15 heteroatoms. The maximum Gasteiger partial charge on any atom is 0.286 e. The number of nitro groups is 1. The number of nitrogens with one attached hydrogen (secondary N) is 1. The first-order valence-corrected chi connectivity index (χ1v) is 18.3. The van der Waals surface area contributed by atoms with Gasteiger partial charge in [-0.1, -0.05) is 13.8 Å². The molecule has 3 aliphatic rings. The summed E-state index contributed by atoms with van der Waals surface area (Å²) in [6.07, 6.45) is 3.47. The molecular weight excluding hydrogens is 661 g/mol. The molecule has 3 heterocycles. The molecule has 2 saturated heterocycles. The van der Waals surface area contributed by atoms with Gasteiger partial charge in [0.15, 0.2) is 23.0 Å². The number of nitro benzene ring substituents is 1. The Balaban J connectivity index is 1.25. The summed E-state index contributed by atoms with van der Waals surface area (Å²) in [6.45, 7) is 5.55. The van der Waals surface area contributed by atoms with E-state index in [1.807, 2.05) is 0 Å². The molecule has 0 spiro atoms. The molecule has 2 atom stereocenters. The summed E-state index contributed by atoms with van der Waals surface area (Å²) >= 11 is 3.60. The normalized spacial score (nSPS) is 18.7. The van der Waals surface area contributed by atoms with E-state index in [1.165, 1.54) is 26.4 Å². The number of carbonyl (C=O) groups is 3. The van der Waals surface area contributed by atoms with E-state index >= 15 is 0 Å². The van der Waals surface area contributed by atoms with E-state index in [2.05, 4.69) is 19.2 Å². The quantitative estimate of drug-likeness (QED) is 0.109. The van der Waals surface area contributed by atoms with Crippen molar-refractivity contribution >= 4 is 52.6 Å². The lowest BCUT2D eigenvalue weighted by molar-refractivity contribution is -0.385. The highest BCUT2D eigenvalue weighted by atomic mass is 32.2. The maximum absolute atomic E-state index is 13.8. The van der Waals surface area contributed by atoms with Gasteiger partial charge in [0, 0.05) is 31.6 Å². The summed E-state index contributed by atoms with van der Waals surface area (Å²) in [5.41, 5.74) is 0.340. The Morgan fingerprint density at radius 2 is 1.60 bits per heavy atom. The molecule has 13 nitrogen and oxygen atoms in total. The predicted molar refractivity (Wildman–Crippen MR) is 185 cm³/mol. The van der Waals surface area contributed by atoms with E-state index in [1.54, 1.807) is 45.5 Å². The summed E-state index contributed by atoms with van der Waals surface area (Å²) in [7, 11) is 2.90. The van der Waals surface area contributed by atoms with Gasteiger partial charge < -0.3 is 34.1 Å². The molecule has 0 saturated carbocycles. The average molecular weight is 703 g/mol. The van der Waals surface area contributed by atoms with Crippen molar-refractivity contribution in [3.05, 3.63) is 45.5 Å². The number of amides is 3. The zero-order valence-electron chi connectivity index (χ0n) is 27.7. The number of nitrogens with zero attached hydrogens (tertiary/aromatic N) is 3. The molecule has 3 amide bonds. The number of hydrogen-bond acceptors (Lipinski definition) is 11. The molecule has 1 N–H and O–H groups in total. The Hall–Kier alpha value is -3.85. The summed E-state index contributed by atoms with van der Waals surface area (Å²) < 4.78 is 23.0. The van der Waals surface area contributed by atoms with Gasteiger partial charge in [-0.3, -0.25) is 24.5 Å². The van der Waals surface area contributed by atoms with Crippen LogP contribution in [0.1, 0.15) is 66.7 Å². The van der Waals surface area contributed by atoms with Crippen molar-refractivity contribution in [1.29, 1.82) is 0 Å². The number of anilines is 1. The second-order valence-electron chi connectivity index (χ2n) is 11.5. The lowest BCUT2D eigenvalue weighted by Crippen LogP contribution is -2.41. The van der Waals surface area contributed by atoms with E-state index in [0.29, 0.717) is 48.7 Å². The molecule has 2 aromatic rings. The van der Waals surface area contributed by atoms with Crippen molar-refractivity contribution in [2.24, 2.45) is 0 Å². The van der Waals surface area contributed by atoms with Gasteiger partial charge in [-0.15, -0.1) is 23.5 Å². The first kappa shape index (κ1) is 35.5. The monoisotopic (exact) mass is 702 g/mol. The minimum Gasteiger partial charge on any atom is -0.493 e. The zero-order valence-corrected chi connectivity index (χ0v) is 29.3. The van der Waals surface area contributed by atoms with Crippen molar-refractivity contribution < 1.29 is 38.3 Å². The highest BCUT2D eigenvalue weighted by Crippen LogP contribution is 2.40. The number of methoxy groups -OCH3 is 2. The van der Waals surface area contributed by atoms with Gasteiger partial charge in [0.25, 0.3) is 17.5 Å². The Labute approximate surface area is 288 Å². The van der Waals surface area contributed by atoms with E-state index < -0.39 is 11.0 Å². The van der Waals surface area contributed by atoms with Crippen LogP contribution in [0.3, 0.4) is 0 Å². The van der Waals surface area contributed by atoms with Crippen LogP contribution in [0.25, 0.3) is 0 Å². The van der Waals surface area contributed by atoms with Crippen LogP contribution < -0.4 is 24.3 Å². The largest absolute Gasteiger partial charge is 0.493 e. The van der Waals surface area contributed by atoms with E-state index in [4.69, 9.17) is 18.9 Å². The fraction of sp³-hybridized carbons (Fsp3) is 0.545. The van der Waals surface area contributed by atoms with Gasteiger partial charge in [-0.25, -0.2) is 0 Å². The molecule has 2 fully saturated rings. The summed E-state index contributed by atoms with van der Waals surface area (Å²) in [6, 6.07) is 5.31. The van der Waals surface area contributed by atoms with Gasteiger partial charge in [0.1, 0.15) is 11.6 Å². The van der Waals surface area contributed by atoms with Gasteiger partial charge >= 0.3 is 0 Å². The summed E-state index contributed by atoms with van der Waals surface area (Å²) in [4.78, 5) is 54.7. The van der Waals surface area contributed by atoms with Crippen LogP contribution in [0.15, 0.2) is 24.3 Å². The molecule has 0 bridgehead atoms. The topological polar surface area (TPSA) is 150 Å². The van der Waals surface area contributed by atoms with Crippen LogP contribution >= 0.6 is 23.5 Å². The van der Waals surface area contributed by atoms with Crippen molar-refractivity contribution in [2.45, 2.75) is 62.6 Å². The minimum atomic E-state index is -0.564. The van der Waals surface area contributed by atoms with E-state index in [9.17, 15) is 24.5 Å². The van der Waals surface area contributed by atoms with Crippen LogP contribution in [-0.2, 0) is 4.79 Å². The first-order chi connectivity index (χ1) is 23.2. The van der Waals surface area contributed by atoms with Crippen molar-refractivity contribution in [3.63, 3.8) is 0 Å². The fourth-order valence-electron chi connectivity index (χ4n) is 6.41. The van der Waals surface area contributed by atoms with Crippen LogP contribution in [0, 0.1) is 10.1 Å². The molecule has 48 heavy (non-hydrogen) atoms. The van der Waals surface area contributed by atoms with Crippen LogP contribution in [0.2, 0.25) is 0 Å². The number of rotatable bonds is 15. The maximum atomic E-state index is 13.8. The highest BCUT2D eigenvalue weighted by molar-refractivity contribution is 8.17. The van der Waals surface area contributed by atoms with Gasteiger partial charge in [-0.05, 0) is 43.3 Å². The number of likely N-dealkylation sites (tertiary alicyclic amines) is 1. The van der Waals surface area contributed by atoms with E-state index in [-0.39, 0.29) is 64.3 Å². The molecule has 3 aliphatic heterocycles. The smallest absolute Gasteiger partial charge is 0.286 e. The van der Waals surface area contributed by atoms with Gasteiger partial charge in [0.05, 0.1) is 60.3 Å². The second kappa shape index (κ2) is 16.0. The van der Waals surface area contributed by atoms with Gasteiger partial charge in [0.2, 0.25) is 5.91 Å². The number of ether oxygens (including phenoxy) is 4. The summed E-state index contributed by atoms with van der Waals surface area (Å²) in [5.74, 6) is 2.06. The average Bonchev–Trinajstić information content (AvgIpc) is 3.76. The van der Waals surface area contributed by atoms with Gasteiger partial charge in [-0.2, -0.15) is 0 Å². The predicted octanol–water partition coefficient (Wildman–Crippen LogP) is 5.45. The molecular formula is C33H42N4O9S2. The third-order valence-electron chi connectivity index (χ3n) is 8.66. The Kier molecular flexibility index (Phi) is 11.8. The lowest BCUT2D eigenvalue weighted by atomic mass is 10.1. The van der Waals surface area contributed by atoms with Crippen LogP contribution in [-0.4, -0.2) is 101 Å². The molecule has 2 aromatic carbocycles. The number of thioether (sulfide) groups is 2. The van der Waals surface area contributed by atoms with Crippen molar-refractivity contribution in [3.8, 4) is 23.0 Å². The zero-order chi connectivity index (χ0) is 34.4. The minimum absolute atomic E-state index is 0.0127. The number of fused-ring (bicyclic) bond motifs is 2. The molecule has 0 aromatic heterocycles. The molecule has 260 valence electrons. The molecule has 0 aliphatic carbocycles. The SMILES string of the molecule is CCSC(SCC)[C@@H]1CCCN1C(=O)c1cc(OC)c(OCCCOc2cc3c(cc2OC)C(=O)N2CCC[C@H]2C(=O)N3)cc1[N+](=O)[O-]. The first-order valence-electron chi connectivity index (χ1n) is 16.2. The molecule has 0 radical (unpaired) electrons. The summed E-state index contributed by atoms with van der Waals surface area (Å²) in [5, 5.41) is 15.0. The number of hydrogen-bond donors (Lipinski definition) is 1. The van der Waals surface area contributed by atoms with Crippen LogP contribution in [0.5, 0.6) is 23.0 Å². The lowest BCUT2D eigenvalue weighted by Gasteiger charge is -2.31. The van der Waals surface area contributed by atoms with Crippen molar-refractivity contribution in [2.75, 3.05) is 57.3 Å². The van der Waals surface area contributed by atoms with E-state index in [0.717, 1.165) is 30.8 Å². The molecule has 5 rings (SSSR count). The van der Waals surface area contributed by atoms with Crippen LogP contribution in [0.4, 0.5) is 11.4 Å². The Morgan fingerprint density at radius 1 is 0.958 bits per heavy atom. The third kappa shape index (κ3) is 7.41. The second-order valence-corrected chi connectivity index (χ2v) is 14.6. The number of carbonyl (C=O) groups excluding carboxylic acids is 3. The Morgan fingerprint density at radius 3 is 2.25 bits per heavy atom. The third-order valence-corrected chi connectivity index (χ3v) is 11.4. The number of benzene rings is 2. The standard InChI is InChI=1S/C33H42N4O9S2/c1-5-47-33(48-6-2)24-11-8-13-36(24)32(40)21-17-27(44-4)29(19-25(21)37(41)42)46-15-9-14-45-28-18-22-20(16-26(28)43-3)31(39)35-12-7-10-23(35)30(38)34-22/h16-19,23-24,33H,5-15H2,1-4H3,(H,34,38)/t23-,24-/m0/s1. The Bertz CT molecular complexity index is 1530.